The van der Waals surface area contributed by atoms with E-state index < -0.39 is 10.0 Å². The maximum Gasteiger partial charge on any atom is 0.297 e. The standard InChI is InChI=1S/C11H16N4O3S2/c1-3-9-13-14-11(19-9)15-20(16,17)10-6-5-8(18-10)7-12-4-2/h5-6,12H,3-4,7H2,1-2H3,(H,14,15). The molecule has 0 aromatic carbocycles. The van der Waals surface area contributed by atoms with Crippen molar-refractivity contribution in [3.8, 4) is 0 Å². The predicted molar refractivity (Wildman–Crippen MR) is 76.2 cm³/mol. The summed E-state index contributed by atoms with van der Waals surface area (Å²) in [7, 11) is -3.75. The second-order valence-corrected chi connectivity index (χ2v) is 6.64. The first kappa shape index (κ1) is 14.9. The molecule has 0 aliphatic rings. The van der Waals surface area contributed by atoms with Gasteiger partial charge in [-0.3, -0.25) is 4.72 Å². The van der Waals surface area contributed by atoms with Crippen molar-refractivity contribution in [2.24, 2.45) is 0 Å². The molecule has 2 aromatic rings. The highest BCUT2D eigenvalue weighted by Crippen LogP contribution is 2.21. The molecule has 0 saturated carbocycles. The van der Waals surface area contributed by atoms with E-state index in [1.54, 1.807) is 6.07 Å². The van der Waals surface area contributed by atoms with E-state index in [0.717, 1.165) is 11.6 Å². The summed E-state index contributed by atoms with van der Waals surface area (Å²) in [5.74, 6) is 0.568. The minimum Gasteiger partial charge on any atom is -0.446 e. The average molecular weight is 316 g/mol. The van der Waals surface area contributed by atoms with Crippen LogP contribution in [0.2, 0.25) is 0 Å². The monoisotopic (exact) mass is 316 g/mol. The van der Waals surface area contributed by atoms with Crippen LogP contribution in [0.15, 0.2) is 21.6 Å². The van der Waals surface area contributed by atoms with Gasteiger partial charge in [-0.2, -0.15) is 8.42 Å². The molecule has 0 bridgehead atoms. The third-order valence-corrected chi connectivity index (χ3v) is 4.77. The van der Waals surface area contributed by atoms with E-state index in [1.165, 1.54) is 17.4 Å². The molecule has 0 aliphatic heterocycles. The summed E-state index contributed by atoms with van der Waals surface area (Å²) in [6.45, 7) is 5.16. The molecule has 2 heterocycles. The summed E-state index contributed by atoms with van der Waals surface area (Å²) in [5, 5.41) is 11.6. The van der Waals surface area contributed by atoms with E-state index in [4.69, 9.17) is 4.42 Å². The Balaban J connectivity index is 2.11. The maximum absolute atomic E-state index is 12.1. The van der Waals surface area contributed by atoms with E-state index in [0.29, 0.717) is 18.7 Å². The van der Waals surface area contributed by atoms with Gasteiger partial charge in [-0.15, -0.1) is 10.2 Å². The fourth-order valence-electron chi connectivity index (χ4n) is 1.45. The molecule has 0 saturated heterocycles. The minimum absolute atomic E-state index is 0.126. The summed E-state index contributed by atoms with van der Waals surface area (Å²) in [6.07, 6.45) is 0.715. The molecule has 7 nitrogen and oxygen atoms in total. The van der Waals surface area contributed by atoms with Gasteiger partial charge in [0.25, 0.3) is 10.0 Å². The van der Waals surface area contributed by atoms with E-state index in [2.05, 4.69) is 20.2 Å². The van der Waals surface area contributed by atoms with E-state index >= 15 is 0 Å². The second-order valence-electron chi connectivity index (χ2n) is 3.96. The molecule has 20 heavy (non-hydrogen) atoms. The second kappa shape index (κ2) is 6.33. The Hall–Kier alpha value is -1.45. The van der Waals surface area contributed by atoms with Crippen molar-refractivity contribution in [2.45, 2.75) is 31.9 Å². The van der Waals surface area contributed by atoms with Crippen molar-refractivity contribution in [2.75, 3.05) is 11.3 Å². The van der Waals surface area contributed by atoms with E-state index in [1.807, 2.05) is 13.8 Å². The van der Waals surface area contributed by atoms with Crippen LogP contribution in [0, 0.1) is 0 Å². The lowest BCUT2D eigenvalue weighted by molar-refractivity contribution is 0.405. The molecule has 0 spiro atoms. The smallest absolute Gasteiger partial charge is 0.297 e. The van der Waals surface area contributed by atoms with Gasteiger partial charge >= 0.3 is 0 Å². The zero-order valence-corrected chi connectivity index (χ0v) is 12.8. The molecule has 110 valence electrons. The molecule has 0 amide bonds. The number of aryl methyl sites for hydroxylation is 1. The number of rotatable bonds is 7. The molecule has 0 atom stereocenters. The van der Waals surface area contributed by atoms with Gasteiger partial charge in [-0.05, 0) is 25.1 Å². The highest BCUT2D eigenvalue weighted by atomic mass is 32.2. The minimum atomic E-state index is -3.75. The zero-order chi connectivity index (χ0) is 14.6. The van der Waals surface area contributed by atoms with Crippen molar-refractivity contribution in [3.63, 3.8) is 0 Å². The molecule has 0 radical (unpaired) electrons. The van der Waals surface area contributed by atoms with Gasteiger partial charge in [0.05, 0.1) is 6.54 Å². The zero-order valence-electron chi connectivity index (χ0n) is 11.2. The van der Waals surface area contributed by atoms with Crippen LogP contribution in [0.1, 0.15) is 24.6 Å². The van der Waals surface area contributed by atoms with Crippen LogP contribution in [0.25, 0.3) is 0 Å². The van der Waals surface area contributed by atoms with Crippen molar-refractivity contribution < 1.29 is 12.8 Å². The van der Waals surface area contributed by atoms with Crippen LogP contribution in [-0.2, 0) is 23.0 Å². The predicted octanol–water partition coefficient (Wildman–Crippen LogP) is 1.60. The van der Waals surface area contributed by atoms with E-state index in [-0.39, 0.29) is 10.2 Å². The molecular weight excluding hydrogens is 300 g/mol. The van der Waals surface area contributed by atoms with Gasteiger partial charge in [0.1, 0.15) is 10.8 Å². The number of anilines is 1. The molecule has 0 aliphatic carbocycles. The summed E-state index contributed by atoms with van der Waals surface area (Å²) in [5.41, 5.74) is 0. The van der Waals surface area contributed by atoms with Gasteiger partial charge in [-0.1, -0.05) is 25.2 Å². The first-order chi connectivity index (χ1) is 9.55. The summed E-state index contributed by atoms with van der Waals surface area (Å²) in [6, 6.07) is 3.06. The largest absolute Gasteiger partial charge is 0.446 e. The molecule has 9 heteroatoms. The first-order valence-corrected chi connectivity index (χ1v) is 8.49. The number of furan rings is 1. The van der Waals surface area contributed by atoms with E-state index in [9.17, 15) is 8.42 Å². The molecule has 0 fully saturated rings. The molecule has 2 N–H and O–H groups in total. The van der Waals surface area contributed by atoms with Gasteiger partial charge in [0, 0.05) is 0 Å². The number of hydrogen-bond acceptors (Lipinski definition) is 7. The Morgan fingerprint density at radius 2 is 2.10 bits per heavy atom. The molecule has 2 rings (SSSR count). The Bertz CT molecular complexity index is 663. The molecular formula is C11H16N4O3S2. The summed E-state index contributed by atoms with van der Waals surface area (Å²) >= 11 is 1.21. The lowest BCUT2D eigenvalue weighted by Gasteiger charge is -2.01. The maximum atomic E-state index is 12.1. The van der Waals surface area contributed by atoms with Crippen molar-refractivity contribution >= 4 is 26.5 Å². The Morgan fingerprint density at radius 3 is 2.75 bits per heavy atom. The van der Waals surface area contributed by atoms with Crippen LogP contribution in [0.3, 0.4) is 0 Å². The SMILES string of the molecule is CCNCc1ccc(S(=O)(=O)Nc2nnc(CC)s2)o1. The van der Waals surface area contributed by atoms with Crippen LogP contribution in [0.4, 0.5) is 5.13 Å². The lowest BCUT2D eigenvalue weighted by Crippen LogP contribution is -2.12. The number of hydrogen-bond donors (Lipinski definition) is 2. The highest BCUT2D eigenvalue weighted by molar-refractivity contribution is 7.92. The Kier molecular flexibility index (Phi) is 4.73. The fraction of sp³-hybridized carbons (Fsp3) is 0.455. The van der Waals surface area contributed by atoms with Crippen LogP contribution in [-0.4, -0.2) is 25.2 Å². The van der Waals surface area contributed by atoms with Crippen LogP contribution >= 0.6 is 11.3 Å². The quantitative estimate of drug-likeness (QED) is 0.805. The summed E-state index contributed by atoms with van der Waals surface area (Å²) in [4.78, 5) is 0. The highest BCUT2D eigenvalue weighted by Gasteiger charge is 2.20. The number of aromatic nitrogens is 2. The van der Waals surface area contributed by atoms with Gasteiger partial charge in [0.15, 0.2) is 0 Å². The molecule has 0 unspecified atom stereocenters. The normalized spacial score (nSPS) is 11.7. The third kappa shape index (κ3) is 3.56. The first-order valence-electron chi connectivity index (χ1n) is 6.19. The fourth-order valence-corrected chi connectivity index (χ4v) is 3.31. The Morgan fingerprint density at radius 1 is 1.30 bits per heavy atom. The number of nitrogens with zero attached hydrogens (tertiary/aromatic N) is 2. The van der Waals surface area contributed by atoms with Crippen molar-refractivity contribution in [1.29, 1.82) is 0 Å². The van der Waals surface area contributed by atoms with Crippen molar-refractivity contribution in [1.82, 2.24) is 15.5 Å². The summed E-state index contributed by atoms with van der Waals surface area (Å²) < 4.78 is 31.9. The van der Waals surface area contributed by atoms with Crippen LogP contribution in [0.5, 0.6) is 0 Å². The van der Waals surface area contributed by atoms with Gasteiger partial charge in [0.2, 0.25) is 10.2 Å². The molecule has 2 aromatic heterocycles. The van der Waals surface area contributed by atoms with Crippen LogP contribution < -0.4 is 10.0 Å². The average Bonchev–Trinajstić information content (AvgIpc) is 3.04. The number of sulfonamides is 1. The van der Waals surface area contributed by atoms with Crippen molar-refractivity contribution in [3.05, 3.63) is 22.9 Å². The third-order valence-electron chi connectivity index (χ3n) is 2.44. The number of nitrogens with one attached hydrogen (secondary N) is 2. The lowest BCUT2D eigenvalue weighted by atomic mass is 10.4. The Labute approximate surface area is 121 Å². The van der Waals surface area contributed by atoms with Gasteiger partial charge < -0.3 is 9.73 Å². The van der Waals surface area contributed by atoms with Gasteiger partial charge in [-0.25, -0.2) is 0 Å². The topological polar surface area (TPSA) is 97.1 Å².